The van der Waals surface area contributed by atoms with Gasteiger partial charge in [0.1, 0.15) is 0 Å². The molecule has 0 atom stereocenters. The molecule has 0 heterocycles. The Labute approximate surface area is 178 Å². The van der Waals surface area contributed by atoms with Gasteiger partial charge in [0.05, 0.1) is 27.3 Å². The summed E-state index contributed by atoms with van der Waals surface area (Å²) in [5.74, 6) is -0.455. The molecule has 2 aromatic carbocycles. The van der Waals surface area contributed by atoms with Crippen LogP contribution in [0.2, 0.25) is 15.1 Å². The molecule has 9 heteroatoms. The number of nitrogens with one attached hydrogen (secondary N) is 3. The van der Waals surface area contributed by atoms with E-state index < -0.39 is 0 Å². The molecule has 0 aromatic heterocycles. The zero-order valence-corrected chi connectivity index (χ0v) is 17.4. The highest BCUT2D eigenvalue weighted by atomic mass is 35.5. The first-order valence-electron chi connectivity index (χ1n) is 8.46. The van der Waals surface area contributed by atoms with Crippen LogP contribution in [0, 0.1) is 0 Å². The SMILES string of the molecule is COCCCNC(=O)c1ccc(NC(=O)CNc2cc(Cl)c(Cl)cc2Cl)cc1. The second-order valence-electron chi connectivity index (χ2n) is 5.83. The van der Waals surface area contributed by atoms with Gasteiger partial charge in [0, 0.05) is 31.5 Å². The molecule has 0 saturated heterocycles. The Balaban J connectivity index is 1.84. The van der Waals surface area contributed by atoms with E-state index in [4.69, 9.17) is 39.5 Å². The van der Waals surface area contributed by atoms with Crippen LogP contribution >= 0.6 is 34.8 Å². The summed E-state index contributed by atoms with van der Waals surface area (Å²) in [5.41, 5.74) is 1.59. The molecule has 0 aliphatic rings. The highest BCUT2D eigenvalue weighted by Crippen LogP contribution is 2.32. The lowest BCUT2D eigenvalue weighted by molar-refractivity contribution is -0.114. The molecule has 2 aromatic rings. The molecule has 28 heavy (non-hydrogen) atoms. The molecule has 0 radical (unpaired) electrons. The van der Waals surface area contributed by atoms with Crippen LogP contribution in [0.25, 0.3) is 0 Å². The average Bonchev–Trinajstić information content (AvgIpc) is 2.67. The minimum absolute atomic E-state index is 0.0145. The van der Waals surface area contributed by atoms with E-state index >= 15 is 0 Å². The van der Waals surface area contributed by atoms with Crippen molar-refractivity contribution in [3.8, 4) is 0 Å². The van der Waals surface area contributed by atoms with Gasteiger partial charge in [0.25, 0.3) is 5.91 Å². The van der Waals surface area contributed by atoms with Crippen LogP contribution in [0.5, 0.6) is 0 Å². The number of rotatable bonds is 9. The van der Waals surface area contributed by atoms with Crippen molar-refractivity contribution in [2.75, 3.05) is 37.4 Å². The number of halogens is 3. The molecule has 0 saturated carbocycles. The summed E-state index contributed by atoms with van der Waals surface area (Å²) in [4.78, 5) is 24.1. The van der Waals surface area contributed by atoms with Crippen LogP contribution < -0.4 is 16.0 Å². The summed E-state index contributed by atoms with van der Waals surface area (Å²) in [7, 11) is 1.61. The van der Waals surface area contributed by atoms with Gasteiger partial charge in [-0.2, -0.15) is 0 Å². The smallest absolute Gasteiger partial charge is 0.251 e. The fourth-order valence-electron chi connectivity index (χ4n) is 2.26. The van der Waals surface area contributed by atoms with E-state index in [9.17, 15) is 9.59 Å². The average molecular weight is 445 g/mol. The lowest BCUT2D eigenvalue weighted by Gasteiger charge is -2.11. The maximum Gasteiger partial charge on any atom is 0.251 e. The number of carbonyl (C=O) groups excluding carboxylic acids is 2. The molecule has 3 N–H and O–H groups in total. The van der Waals surface area contributed by atoms with Gasteiger partial charge >= 0.3 is 0 Å². The lowest BCUT2D eigenvalue weighted by Crippen LogP contribution is -2.25. The van der Waals surface area contributed by atoms with Crippen LogP contribution in [-0.2, 0) is 9.53 Å². The first-order chi connectivity index (χ1) is 13.4. The van der Waals surface area contributed by atoms with Gasteiger partial charge in [0.2, 0.25) is 5.91 Å². The quantitative estimate of drug-likeness (QED) is 0.394. The molecule has 0 spiro atoms. The van der Waals surface area contributed by atoms with Crippen molar-refractivity contribution in [3.63, 3.8) is 0 Å². The van der Waals surface area contributed by atoms with Gasteiger partial charge < -0.3 is 20.7 Å². The van der Waals surface area contributed by atoms with Crippen molar-refractivity contribution in [3.05, 3.63) is 57.0 Å². The number of ether oxygens (including phenoxy) is 1. The minimum Gasteiger partial charge on any atom is -0.385 e. The molecule has 0 fully saturated rings. The number of hydrogen-bond donors (Lipinski definition) is 3. The van der Waals surface area contributed by atoms with E-state index in [1.54, 1.807) is 37.4 Å². The number of benzene rings is 2. The summed E-state index contributed by atoms with van der Waals surface area (Å²) >= 11 is 17.9. The molecular formula is C19H20Cl3N3O3. The van der Waals surface area contributed by atoms with Crippen molar-refractivity contribution < 1.29 is 14.3 Å². The van der Waals surface area contributed by atoms with E-state index in [1.165, 1.54) is 6.07 Å². The summed E-state index contributed by atoms with van der Waals surface area (Å²) in [6.45, 7) is 1.11. The van der Waals surface area contributed by atoms with Gasteiger partial charge in [-0.25, -0.2) is 0 Å². The van der Waals surface area contributed by atoms with Crippen molar-refractivity contribution in [2.45, 2.75) is 6.42 Å². The first kappa shape index (κ1) is 22.3. The molecule has 0 aliphatic heterocycles. The Morgan fingerprint density at radius 2 is 1.68 bits per heavy atom. The second-order valence-corrected chi connectivity index (χ2v) is 7.05. The predicted octanol–water partition coefficient (Wildman–Crippen LogP) is 4.46. The number of carbonyl (C=O) groups is 2. The standard InChI is InChI=1S/C19H20Cl3N3O3/c1-28-8-2-7-23-19(27)12-3-5-13(6-4-12)25-18(26)11-24-17-10-15(21)14(20)9-16(17)22/h3-6,9-10,24H,2,7-8,11H2,1H3,(H,23,27)(H,25,26). The Hall–Kier alpha value is -1.99. The molecule has 150 valence electrons. The number of methoxy groups -OCH3 is 1. The van der Waals surface area contributed by atoms with Gasteiger partial charge in [-0.15, -0.1) is 0 Å². The largest absolute Gasteiger partial charge is 0.385 e. The maximum atomic E-state index is 12.1. The van der Waals surface area contributed by atoms with Crippen LogP contribution in [0.4, 0.5) is 11.4 Å². The van der Waals surface area contributed by atoms with Gasteiger partial charge in [-0.05, 0) is 42.8 Å². The second kappa shape index (κ2) is 11.1. The Morgan fingerprint density at radius 3 is 2.36 bits per heavy atom. The molecule has 0 bridgehead atoms. The number of amides is 2. The van der Waals surface area contributed by atoms with Crippen LogP contribution in [0.15, 0.2) is 36.4 Å². The van der Waals surface area contributed by atoms with Crippen molar-refractivity contribution in [2.24, 2.45) is 0 Å². The zero-order chi connectivity index (χ0) is 20.5. The first-order valence-corrected chi connectivity index (χ1v) is 9.59. The lowest BCUT2D eigenvalue weighted by atomic mass is 10.2. The minimum atomic E-state index is -0.279. The Bertz CT molecular complexity index is 829. The fourth-order valence-corrected chi connectivity index (χ4v) is 2.88. The summed E-state index contributed by atoms with van der Waals surface area (Å²) < 4.78 is 4.93. The normalized spacial score (nSPS) is 10.4. The highest BCUT2D eigenvalue weighted by Gasteiger charge is 2.09. The molecule has 6 nitrogen and oxygen atoms in total. The van der Waals surface area contributed by atoms with Gasteiger partial charge in [0.15, 0.2) is 0 Å². The van der Waals surface area contributed by atoms with E-state index in [-0.39, 0.29) is 18.4 Å². The molecule has 2 rings (SSSR count). The predicted molar refractivity (Wildman–Crippen MR) is 114 cm³/mol. The topological polar surface area (TPSA) is 79.5 Å². The molecule has 2 amide bonds. The Kier molecular flexibility index (Phi) is 8.86. The van der Waals surface area contributed by atoms with Crippen LogP contribution in [-0.4, -0.2) is 38.6 Å². The zero-order valence-electron chi connectivity index (χ0n) is 15.2. The summed E-state index contributed by atoms with van der Waals surface area (Å²) in [6, 6.07) is 9.67. The third kappa shape index (κ3) is 6.87. The molecule has 0 unspecified atom stereocenters. The van der Waals surface area contributed by atoms with E-state index in [0.29, 0.717) is 45.2 Å². The summed E-state index contributed by atoms with van der Waals surface area (Å²) in [6.07, 6.45) is 0.742. The van der Waals surface area contributed by atoms with Gasteiger partial charge in [-0.3, -0.25) is 9.59 Å². The maximum absolute atomic E-state index is 12.1. The van der Waals surface area contributed by atoms with Gasteiger partial charge in [-0.1, -0.05) is 34.8 Å². The van der Waals surface area contributed by atoms with E-state index in [0.717, 1.165) is 6.42 Å². The Morgan fingerprint density at radius 1 is 1.00 bits per heavy atom. The van der Waals surface area contributed by atoms with E-state index in [2.05, 4.69) is 16.0 Å². The van der Waals surface area contributed by atoms with Crippen molar-refractivity contribution >= 4 is 58.0 Å². The van der Waals surface area contributed by atoms with Crippen LogP contribution in [0.3, 0.4) is 0 Å². The van der Waals surface area contributed by atoms with Crippen molar-refractivity contribution in [1.82, 2.24) is 5.32 Å². The highest BCUT2D eigenvalue weighted by molar-refractivity contribution is 6.44. The molecular weight excluding hydrogens is 425 g/mol. The third-order valence-corrected chi connectivity index (χ3v) is 4.73. The third-order valence-electron chi connectivity index (χ3n) is 3.69. The molecule has 0 aliphatic carbocycles. The fraction of sp³-hybridized carbons (Fsp3) is 0.263. The summed E-state index contributed by atoms with van der Waals surface area (Å²) in [5, 5.41) is 9.47. The monoisotopic (exact) mass is 443 g/mol. The number of hydrogen-bond acceptors (Lipinski definition) is 4. The van der Waals surface area contributed by atoms with E-state index in [1.807, 2.05) is 0 Å². The van der Waals surface area contributed by atoms with Crippen LogP contribution in [0.1, 0.15) is 16.8 Å². The van der Waals surface area contributed by atoms with Crippen molar-refractivity contribution in [1.29, 1.82) is 0 Å². The number of anilines is 2.